The van der Waals surface area contributed by atoms with Crippen LogP contribution in [-0.4, -0.2) is 107 Å². The van der Waals surface area contributed by atoms with Gasteiger partial charge >= 0.3 is 60.8 Å². The molecular formula is C8H8CaMgO10. The van der Waals surface area contributed by atoms with Gasteiger partial charge in [0.2, 0.25) is 0 Å². The molecule has 2 unspecified atom stereocenters. The number of carbonyl (C=O) groups is 4. The maximum atomic E-state index is 9.58. The molecule has 20 heavy (non-hydrogen) atoms. The molecule has 0 aliphatic heterocycles. The molecule has 0 saturated heterocycles. The summed E-state index contributed by atoms with van der Waals surface area (Å²) in [6.07, 6.45) is -5.78. The molecule has 0 fully saturated rings. The van der Waals surface area contributed by atoms with Crippen molar-refractivity contribution < 1.29 is 49.8 Å². The number of hydrogen-bond acceptors (Lipinski definition) is 10. The van der Waals surface area contributed by atoms with Crippen molar-refractivity contribution in [3.8, 4) is 0 Å². The summed E-state index contributed by atoms with van der Waals surface area (Å²) < 4.78 is 0. The first-order chi connectivity index (χ1) is 8.07. The van der Waals surface area contributed by atoms with Crippen LogP contribution < -0.4 is 20.4 Å². The summed E-state index contributed by atoms with van der Waals surface area (Å²) in [6.45, 7) is 0. The van der Waals surface area contributed by atoms with Crippen molar-refractivity contribution in [3.63, 3.8) is 0 Å². The van der Waals surface area contributed by atoms with Crippen molar-refractivity contribution in [2.24, 2.45) is 0 Å². The molecule has 0 radical (unpaired) electrons. The van der Waals surface area contributed by atoms with Crippen LogP contribution in [0, 0.1) is 0 Å². The molecule has 0 heterocycles. The minimum atomic E-state index is -1.96. The number of carbonyl (C=O) groups excluding carboxylic acids is 4. The summed E-state index contributed by atoms with van der Waals surface area (Å²) in [5.74, 6) is -6.85. The Kier molecular flexibility index (Phi) is 21.3. The van der Waals surface area contributed by atoms with E-state index in [2.05, 4.69) is 0 Å². The third-order valence-corrected chi connectivity index (χ3v) is 1.26. The van der Waals surface area contributed by atoms with Crippen molar-refractivity contribution in [1.82, 2.24) is 0 Å². The fourth-order valence-corrected chi connectivity index (χ4v) is 0.482. The quantitative estimate of drug-likeness (QED) is 0.441. The molecule has 0 rings (SSSR count). The first kappa shape index (κ1) is 28.1. The van der Waals surface area contributed by atoms with Crippen LogP contribution in [0.25, 0.3) is 0 Å². The molecule has 0 aliphatic rings. The molecule has 12 heteroatoms. The van der Waals surface area contributed by atoms with Crippen LogP contribution in [0.1, 0.15) is 12.8 Å². The molecule has 0 aromatic rings. The molecule has 0 saturated carbocycles. The van der Waals surface area contributed by atoms with E-state index in [9.17, 15) is 39.6 Å². The fraction of sp³-hybridized carbons (Fsp3) is 0.500. The third kappa shape index (κ3) is 20.1. The number of aliphatic hydroxyl groups is 2. The van der Waals surface area contributed by atoms with E-state index in [-0.39, 0.29) is 60.8 Å². The first-order valence-electron chi connectivity index (χ1n) is 4.25. The Bertz CT molecular complexity index is 301. The Labute approximate surface area is 158 Å². The van der Waals surface area contributed by atoms with Crippen LogP contribution in [0.3, 0.4) is 0 Å². The van der Waals surface area contributed by atoms with E-state index in [1.165, 1.54) is 0 Å². The van der Waals surface area contributed by atoms with Crippen LogP contribution in [-0.2, 0) is 19.2 Å². The monoisotopic (exact) mass is 328 g/mol. The van der Waals surface area contributed by atoms with Crippen LogP contribution in [0.4, 0.5) is 0 Å². The van der Waals surface area contributed by atoms with Gasteiger partial charge in [0.15, 0.2) is 0 Å². The Hall–Kier alpha value is -0.174. The van der Waals surface area contributed by atoms with Crippen LogP contribution >= 0.6 is 0 Å². The molecule has 104 valence electrons. The first-order valence-corrected chi connectivity index (χ1v) is 4.25. The predicted molar refractivity (Wildman–Crippen MR) is 52.8 cm³/mol. The molecule has 0 aliphatic carbocycles. The molecule has 0 aromatic heterocycles. The number of carboxylic acid groups (broad SMARTS) is 4. The van der Waals surface area contributed by atoms with E-state index in [1.807, 2.05) is 0 Å². The number of aliphatic carboxylic acids is 4. The summed E-state index contributed by atoms with van der Waals surface area (Å²) in [7, 11) is 0. The predicted octanol–water partition coefficient (Wildman–Crippen LogP) is -8.29. The normalized spacial score (nSPS) is 11.3. The molecule has 0 bridgehead atoms. The van der Waals surface area contributed by atoms with Gasteiger partial charge < -0.3 is 49.8 Å². The van der Waals surface area contributed by atoms with Gasteiger partial charge in [0.1, 0.15) is 0 Å². The van der Waals surface area contributed by atoms with E-state index in [0.717, 1.165) is 0 Å². The zero-order valence-electron chi connectivity index (χ0n) is 10.1. The van der Waals surface area contributed by atoms with E-state index >= 15 is 0 Å². The number of rotatable bonds is 6. The van der Waals surface area contributed by atoms with Gasteiger partial charge in [-0.25, -0.2) is 0 Å². The smallest absolute Gasteiger partial charge is 0.550 e. The topological polar surface area (TPSA) is 201 Å². The van der Waals surface area contributed by atoms with Gasteiger partial charge in [-0.05, 0) is 0 Å². The van der Waals surface area contributed by atoms with E-state index in [4.69, 9.17) is 10.2 Å². The Balaban J connectivity index is -0.000000116. The fourth-order valence-electron chi connectivity index (χ4n) is 0.482. The minimum Gasteiger partial charge on any atom is -0.550 e. The van der Waals surface area contributed by atoms with Crippen LogP contribution in [0.15, 0.2) is 0 Å². The second-order valence-corrected chi connectivity index (χ2v) is 2.82. The molecule has 0 spiro atoms. The number of hydrogen-bond donors (Lipinski definition) is 2. The average molecular weight is 329 g/mol. The van der Waals surface area contributed by atoms with Crippen LogP contribution in [0.5, 0.6) is 0 Å². The van der Waals surface area contributed by atoms with Crippen LogP contribution in [0.2, 0.25) is 0 Å². The number of aliphatic hydroxyl groups excluding tert-OH is 2. The maximum Gasteiger partial charge on any atom is 2.00 e. The van der Waals surface area contributed by atoms with Gasteiger partial charge in [-0.2, -0.15) is 0 Å². The summed E-state index contributed by atoms with van der Waals surface area (Å²) in [6, 6.07) is 0. The SMILES string of the molecule is O=C([O-])CC(O)C(=O)[O-].O=C([O-])CC(O)C(=O)[O-].[Ca+2].[Mg+2]. The van der Waals surface area contributed by atoms with Gasteiger partial charge in [0.25, 0.3) is 0 Å². The van der Waals surface area contributed by atoms with E-state index in [0.29, 0.717) is 0 Å². The Morgan fingerprint density at radius 2 is 0.950 bits per heavy atom. The van der Waals surface area contributed by atoms with Gasteiger partial charge in [-0.15, -0.1) is 0 Å². The molecule has 2 N–H and O–H groups in total. The van der Waals surface area contributed by atoms with Crippen molar-refractivity contribution in [1.29, 1.82) is 0 Å². The van der Waals surface area contributed by atoms with Gasteiger partial charge in [0, 0.05) is 24.8 Å². The number of carboxylic acids is 4. The summed E-state index contributed by atoms with van der Waals surface area (Å²) >= 11 is 0. The molecule has 0 amide bonds. The Morgan fingerprint density at radius 3 is 1.00 bits per heavy atom. The largest absolute Gasteiger partial charge is 2.00 e. The minimum absolute atomic E-state index is 0. The van der Waals surface area contributed by atoms with Crippen molar-refractivity contribution in [2.75, 3.05) is 0 Å². The van der Waals surface area contributed by atoms with Gasteiger partial charge in [0.05, 0.1) is 24.1 Å². The maximum absolute atomic E-state index is 9.58. The molecule has 0 aromatic carbocycles. The third-order valence-electron chi connectivity index (χ3n) is 1.26. The Morgan fingerprint density at radius 1 is 0.750 bits per heavy atom. The molecular weight excluding hydrogens is 320 g/mol. The standard InChI is InChI=1S/2C4H6O5.Ca.Mg/c2*5-2(4(8)9)1-3(6)7;;/h2*2,5H,1H2,(H,6,7)(H,8,9);;/q;;2*+2/p-4. The van der Waals surface area contributed by atoms with E-state index in [1.54, 1.807) is 0 Å². The molecule has 10 nitrogen and oxygen atoms in total. The van der Waals surface area contributed by atoms with Crippen molar-refractivity contribution >= 4 is 84.7 Å². The second kappa shape index (κ2) is 15.2. The van der Waals surface area contributed by atoms with Crippen molar-refractivity contribution in [2.45, 2.75) is 25.0 Å². The van der Waals surface area contributed by atoms with E-state index < -0.39 is 48.9 Å². The van der Waals surface area contributed by atoms with Gasteiger partial charge in [-0.3, -0.25) is 0 Å². The summed E-state index contributed by atoms with van der Waals surface area (Å²) in [5.41, 5.74) is 0. The summed E-state index contributed by atoms with van der Waals surface area (Å²) in [4.78, 5) is 38.3. The zero-order chi connectivity index (χ0) is 14.9. The zero-order valence-corrected chi connectivity index (χ0v) is 13.8. The van der Waals surface area contributed by atoms with Crippen molar-refractivity contribution in [3.05, 3.63) is 0 Å². The van der Waals surface area contributed by atoms with Gasteiger partial charge in [-0.1, -0.05) is 0 Å². The second-order valence-electron chi connectivity index (χ2n) is 2.82. The average Bonchev–Trinajstić information content (AvgIpc) is 2.16. The summed E-state index contributed by atoms with van der Waals surface area (Å²) in [5, 5.41) is 54.7. The molecule has 2 atom stereocenters.